The number of rotatable bonds is 5. The van der Waals surface area contributed by atoms with Gasteiger partial charge in [-0.15, -0.1) is 0 Å². The summed E-state index contributed by atoms with van der Waals surface area (Å²) in [6.07, 6.45) is 0. The fourth-order valence-corrected chi connectivity index (χ4v) is 1.98. The Morgan fingerprint density at radius 2 is 2.00 bits per heavy atom. The molecule has 0 aliphatic carbocycles. The van der Waals surface area contributed by atoms with Crippen LogP contribution in [0.2, 0.25) is 5.02 Å². The lowest BCUT2D eigenvalue weighted by atomic mass is 10.2. The van der Waals surface area contributed by atoms with E-state index in [-0.39, 0.29) is 5.75 Å². The van der Waals surface area contributed by atoms with E-state index in [4.69, 9.17) is 16.3 Å². The number of ether oxygens (including phenoxy) is 1. The first-order valence-electron chi connectivity index (χ1n) is 6.13. The number of phenols is 1. The van der Waals surface area contributed by atoms with E-state index in [9.17, 15) is 5.11 Å². The van der Waals surface area contributed by atoms with Crippen LogP contribution in [-0.2, 0) is 6.54 Å². The van der Waals surface area contributed by atoms with Crippen molar-refractivity contribution in [1.29, 1.82) is 0 Å². The van der Waals surface area contributed by atoms with Crippen molar-refractivity contribution in [1.82, 2.24) is 0 Å². The van der Waals surface area contributed by atoms with Crippen molar-refractivity contribution in [2.45, 2.75) is 13.5 Å². The molecule has 0 radical (unpaired) electrons. The minimum atomic E-state index is 0.284. The molecule has 0 aromatic heterocycles. The van der Waals surface area contributed by atoms with Gasteiger partial charge in [0.2, 0.25) is 0 Å². The monoisotopic (exact) mass is 277 g/mol. The second-order valence-electron chi connectivity index (χ2n) is 4.06. The molecule has 0 atom stereocenters. The van der Waals surface area contributed by atoms with Gasteiger partial charge >= 0.3 is 0 Å². The Balaban J connectivity index is 2.04. The minimum Gasteiger partial charge on any atom is -0.508 e. The molecule has 4 heteroatoms. The van der Waals surface area contributed by atoms with E-state index in [2.05, 4.69) is 5.32 Å². The first-order valence-corrected chi connectivity index (χ1v) is 6.51. The van der Waals surface area contributed by atoms with Crippen molar-refractivity contribution in [3.63, 3.8) is 0 Å². The molecule has 0 saturated carbocycles. The normalized spacial score (nSPS) is 10.2. The van der Waals surface area contributed by atoms with Crippen molar-refractivity contribution in [2.24, 2.45) is 0 Å². The van der Waals surface area contributed by atoms with E-state index in [1.54, 1.807) is 12.1 Å². The zero-order valence-electron chi connectivity index (χ0n) is 10.7. The molecule has 100 valence electrons. The first-order chi connectivity index (χ1) is 9.20. The van der Waals surface area contributed by atoms with Crippen LogP contribution in [0.4, 0.5) is 5.69 Å². The highest BCUT2D eigenvalue weighted by atomic mass is 35.5. The molecule has 0 bridgehead atoms. The van der Waals surface area contributed by atoms with Gasteiger partial charge < -0.3 is 15.2 Å². The molecule has 0 heterocycles. The van der Waals surface area contributed by atoms with Crippen LogP contribution in [0.15, 0.2) is 42.5 Å². The van der Waals surface area contributed by atoms with Crippen LogP contribution >= 0.6 is 11.6 Å². The number of hydrogen-bond donors (Lipinski definition) is 2. The quantitative estimate of drug-likeness (QED) is 0.866. The van der Waals surface area contributed by atoms with Crippen molar-refractivity contribution >= 4 is 17.3 Å². The summed E-state index contributed by atoms with van der Waals surface area (Å²) >= 11 is 6.11. The summed E-state index contributed by atoms with van der Waals surface area (Å²) in [7, 11) is 0. The Kier molecular flexibility index (Phi) is 4.53. The number of aromatic hydroxyl groups is 1. The van der Waals surface area contributed by atoms with Gasteiger partial charge in [0, 0.05) is 17.8 Å². The van der Waals surface area contributed by atoms with Gasteiger partial charge in [0.1, 0.15) is 11.5 Å². The molecule has 19 heavy (non-hydrogen) atoms. The zero-order valence-corrected chi connectivity index (χ0v) is 11.4. The van der Waals surface area contributed by atoms with Crippen LogP contribution in [-0.4, -0.2) is 11.7 Å². The number of benzene rings is 2. The number of anilines is 1. The molecule has 3 nitrogen and oxygen atoms in total. The molecule has 2 rings (SSSR count). The highest BCUT2D eigenvalue weighted by Crippen LogP contribution is 2.28. The third-order valence-corrected chi connectivity index (χ3v) is 3.00. The van der Waals surface area contributed by atoms with Crippen LogP contribution in [0, 0.1) is 0 Å². The van der Waals surface area contributed by atoms with Gasteiger partial charge in [-0.05, 0) is 31.2 Å². The first kappa shape index (κ1) is 13.6. The molecule has 0 aliphatic rings. The molecule has 0 aliphatic heterocycles. The van der Waals surface area contributed by atoms with Crippen molar-refractivity contribution in [3.05, 3.63) is 53.1 Å². The van der Waals surface area contributed by atoms with E-state index in [1.165, 1.54) is 0 Å². The Labute approximate surface area is 117 Å². The number of halogens is 1. The molecule has 0 unspecified atom stereocenters. The molecule has 2 aromatic carbocycles. The van der Waals surface area contributed by atoms with Gasteiger partial charge in [0.25, 0.3) is 0 Å². The molecule has 0 spiro atoms. The Morgan fingerprint density at radius 3 is 2.68 bits per heavy atom. The predicted octanol–water partition coefficient (Wildman–Crippen LogP) is 4.06. The van der Waals surface area contributed by atoms with E-state index in [0.29, 0.717) is 23.9 Å². The lowest BCUT2D eigenvalue weighted by Gasteiger charge is -2.10. The molecule has 2 N–H and O–H groups in total. The fraction of sp³-hybridized carbons (Fsp3) is 0.200. The van der Waals surface area contributed by atoms with E-state index >= 15 is 0 Å². The van der Waals surface area contributed by atoms with Crippen LogP contribution in [0.3, 0.4) is 0 Å². The summed E-state index contributed by atoms with van der Waals surface area (Å²) in [5.74, 6) is 0.962. The number of phenolic OH excluding ortho intramolecular Hbond substituents is 1. The molecular weight excluding hydrogens is 262 g/mol. The summed E-state index contributed by atoms with van der Waals surface area (Å²) in [6.45, 7) is 3.04. The third-order valence-electron chi connectivity index (χ3n) is 2.71. The minimum absolute atomic E-state index is 0.284. The van der Waals surface area contributed by atoms with Gasteiger partial charge in [-0.3, -0.25) is 0 Å². The SMILES string of the molecule is CCOc1ccc(NCc2ccccc2O)cc1Cl. The second kappa shape index (κ2) is 6.34. The number of para-hydroxylation sites is 1. The lowest BCUT2D eigenvalue weighted by Crippen LogP contribution is -2.00. The topological polar surface area (TPSA) is 41.5 Å². The van der Waals surface area contributed by atoms with Crippen molar-refractivity contribution in [2.75, 3.05) is 11.9 Å². The highest BCUT2D eigenvalue weighted by Gasteiger charge is 2.03. The largest absolute Gasteiger partial charge is 0.508 e. The maximum absolute atomic E-state index is 9.67. The van der Waals surface area contributed by atoms with Gasteiger partial charge in [-0.25, -0.2) is 0 Å². The summed E-state index contributed by atoms with van der Waals surface area (Å²) in [4.78, 5) is 0. The van der Waals surface area contributed by atoms with Crippen LogP contribution in [0.1, 0.15) is 12.5 Å². The van der Waals surface area contributed by atoms with Gasteiger partial charge in [0.05, 0.1) is 11.6 Å². The average molecular weight is 278 g/mol. The van der Waals surface area contributed by atoms with Crippen molar-refractivity contribution in [3.8, 4) is 11.5 Å². The fourth-order valence-electron chi connectivity index (χ4n) is 1.74. The van der Waals surface area contributed by atoms with Gasteiger partial charge in [-0.2, -0.15) is 0 Å². The highest BCUT2D eigenvalue weighted by molar-refractivity contribution is 6.32. The Hall–Kier alpha value is -1.87. The molecule has 0 fully saturated rings. The van der Waals surface area contributed by atoms with Crippen LogP contribution < -0.4 is 10.1 Å². The maximum atomic E-state index is 9.67. The summed E-state index contributed by atoms with van der Waals surface area (Å²) in [6, 6.07) is 12.8. The average Bonchev–Trinajstić information content (AvgIpc) is 2.41. The summed E-state index contributed by atoms with van der Waals surface area (Å²) in [5, 5.41) is 13.5. The standard InChI is InChI=1S/C15H16ClNO2/c1-2-19-15-8-7-12(9-13(15)16)17-10-11-5-3-4-6-14(11)18/h3-9,17-18H,2,10H2,1H3. The lowest BCUT2D eigenvalue weighted by molar-refractivity contribution is 0.340. The smallest absolute Gasteiger partial charge is 0.138 e. The number of nitrogens with one attached hydrogen (secondary N) is 1. The molecule has 0 amide bonds. The third kappa shape index (κ3) is 3.55. The van der Waals surface area contributed by atoms with E-state index in [0.717, 1.165) is 11.3 Å². The maximum Gasteiger partial charge on any atom is 0.138 e. The van der Waals surface area contributed by atoms with E-state index in [1.807, 2.05) is 37.3 Å². The summed E-state index contributed by atoms with van der Waals surface area (Å²) in [5.41, 5.74) is 1.73. The predicted molar refractivity (Wildman–Crippen MR) is 78.1 cm³/mol. The van der Waals surface area contributed by atoms with Crippen LogP contribution in [0.5, 0.6) is 11.5 Å². The summed E-state index contributed by atoms with van der Waals surface area (Å²) < 4.78 is 5.37. The molecule has 2 aromatic rings. The van der Waals surface area contributed by atoms with Crippen LogP contribution in [0.25, 0.3) is 0 Å². The molecule has 0 saturated heterocycles. The Morgan fingerprint density at radius 1 is 1.21 bits per heavy atom. The van der Waals surface area contributed by atoms with E-state index < -0.39 is 0 Å². The van der Waals surface area contributed by atoms with Gasteiger partial charge in [0.15, 0.2) is 0 Å². The second-order valence-corrected chi connectivity index (χ2v) is 4.47. The zero-order chi connectivity index (χ0) is 13.7. The number of hydrogen-bond acceptors (Lipinski definition) is 3. The molecular formula is C15H16ClNO2. The Bertz CT molecular complexity index is 558. The van der Waals surface area contributed by atoms with Gasteiger partial charge in [-0.1, -0.05) is 29.8 Å². The van der Waals surface area contributed by atoms with Crippen molar-refractivity contribution < 1.29 is 9.84 Å².